The Hall–Kier alpha value is -1.71. The average molecular weight is 292 g/mol. The van der Waals surface area contributed by atoms with Gasteiger partial charge in [0.2, 0.25) is 5.91 Å². The minimum absolute atomic E-state index is 0.102. The molecule has 20 heavy (non-hydrogen) atoms. The zero-order valence-corrected chi connectivity index (χ0v) is 11.3. The highest BCUT2D eigenvalue weighted by atomic mass is 16.4. The molecule has 0 aromatic carbocycles. The molecule has 10 N–H and O–H groups in total. The van der Waals surface area contributed by atoms with Crippen molar-refractivity contribution < 1.29 is 24.6 Å². The highest BCUT2D eigenvalue weighted by molar-refractivity contribution is 5.80. The molecule has 1 atom stereocenters. The lowest BCUT2D eigenvalue weighted by molar-refractivity contribution is -0.138. The van der Waals surface area contributed by atoms with Crippen molar-refractivity contribution in [2.24, 2.45) is 22.9 Å². The van der Waals surface area contributed by atoms with Gasteiger partial charge in [0.05, 0.1) is 12.2 Å². The van der Waals surface area contributed by atoms with Crippen molar-refractivity contribution in [1.82, 2.24) is 0 Å². The maximum absolute atomic E-state index is 10.2. The molecule has 0 unspecified atom stereocenters. The van der Waals surface area contributed by atoms with Crippen LogP contribution >= 0.6 is 0 Å². The summed E-state index contributed by atoms with van der Waals surface area (Å²) in [6, 6.07) is -0.837. The number of hydrogen-bond donors (Lipinski definition) is 6. The molecule has 0 fully saturated rings. The van der Waals surface area contributed by atoms with Crippen molar-refractivity contribution in [1.29, 1.82) is 0 Å². The minimum Gasteiger partial charge on any atom is -0.481 e. The fraction of sp³-hybridized carbons (Fsp3) is 0.727. The number of rotatable bonds is 9. The Morgan fingerprint density at radius 2 is 1.35 bits per heavy atom. The fourth-order valence-electron chi connectivity index (χ4n) is 1.08. The maximum Gasteiger partial charge on any atom is 0.303 e. The number of carboxylic acid groups (broad SMARTS) is 2. The Morgan fingerprint density at radius 3 is 1.70 bits per heavy atom. The van der Waals surface area contributed by atoms with Gasteiger partial charge in [0.25, 0.3) is 0 Å². The first-order valence-electron chi connectivity index (χ1n) is 6.16. The smallest absolute Gasteiger partial charge is 0.303 e. The van der Waals surface area contributed by atoms with Crippen LogP contribution in [0.5, 0.6) is 0 Å². The molecule has 0 aliphatic rings. The van der Waals surface area contributed by atoms with Gasteiger partial charge in [0.15, 0.2) is 0 Å². The Bertz CT molecular complexity index is 309. The number of carboxylic acids is 2. The topological polar surface area (TPSA) is 196 Å². The molecule has 0 aliphatic carbocycles. The van der Waals surface area contributed by atoms with E-state index < -0.39 is 23.9 Å². The van der Waals surface area contributed by atoms with Gasteiger partial charge in [0, 0.05) is 12.8 Å². The summed E-state index contributed by atoms with van der Waals surface area (Å²) in [6.07, 6.45) is 2.06. The van der Waals surface area contributed by atoms with E-state index in [1.165, 1.54) is 0 Å². The highest BCUT2D eigenvalue weighted by Gasteiger charge is 2.10. The first-order chi connectivity index (χ1) is 9.16. The molecule has 0 spiro atoms. The van der Waals surface area contributed by atoms with Crippen molar-refractivity contribution in [3.63, 3.8) is 0 Å². The van der Waals surface area contributed by atoms with Crippen LogP contribution in [0, 0.1) is 0 Å². The number of aliphatic carboxylic acids is 2. The Morgan fingerprint density at radius 1 is 0.850 bits per heavy atom. The molecule has 0 aliphatic heterocycles. The second-order valence-corrected chi connectivity index (χ2v) is 4.24. The number of amides is 1. The lowest BCUT2D eigenvalue weighted by atomic mass is 10.1. The Kier molecular flexibility index (Phi) is 12.7. The number of unbranched alkanes of at least 4 members (excludes halogenated alkanes) is 1. The zero-order chi connectivity index (χ0) is 16.1. The van der Waals surface area contributed by atoms with Gasteiger partial charge in [-0.2, -0.15) is 0 Å². The largest absolute Gasteiger partial charge is 0.481 e. The summed E-state index contributed by atoms with van der Waals surface area (Å²) in [5.74, 6) is -2.40. The minimum atomic E-state index is -0.975. The molecule has 0 rings (SSSR count). The summed E-state index contributed by atoms with van der Waals surface area (Å²) >= 11 is 0. The van der Waals surface area contributed by atoms with Gasteiger partial charge in [-0.1, -0.05) is 6.42 Å². The predicted molar refractivity (Wildman–Crippen MR) is 72.3 cm³/mol. The summed E-state index contributed by atoms with van der Waals surface area (Å²) in [5, 5.41) is 16.4. The van der Waals surface area contributed by atoms with Crippen molar-refractivity contribution in [2.45, 2.75) is 50.7 Å². The zero-order valence-electron chi connectivity index (χ0n) is 11.3. The number of hydrogen-bond acceptors (Lipinski definition) is 6. The molecule has 9 nitrogen and oxygen atoms in total. The molecule has 0 aromatic rings. The van der Waals surface area contributed by atoms with E-state index in [0.29, 0.717) is 12.8 Å². The van der Waals surface area contributed by atoms with E-state index in [1.54, 1.807) is 0 Å². The lowest BCUT2D eigenvalue weighted by Gasteiger charge is -2.02. The molecule has 118 valence electrons. The molecule has 0 aromatic heterocycles. The van der Waals surface area contributed by atoms with Crippen LogP contribution in [-0.2, 0) is 14.4 Å². The molecular formula is C11H24N4O5. The van der Waals surface area contributed by atoms with E-state index in [0.717, 1.165) is 6.42 Å². The number of primary amides is 1. The Balaban J connectivity index is 0. The first kappa shape index (κ1) is 20.6. The molecule has 0 heterocycles. The van der Waals surface area contributed by atoms with Crippen LogP contribution in [-0.4, -0.2) is 40.3 Å². The first-order valence-corrected chi connectivity index (χ1v) is 6.16. The van der Waals surface area contributed by atoms with Gasteiger partial charge in [0.1, 0.15) is 0 Å². The van der Waals surface area contributed by atoms with Gasteiger partial charge < -0.3 is 33.1 Å². The third-order valence-electron chi connectivity index (χ3n) is 2.21. The molecule has 0 saturated heterocycles. The van der Waals surface area contributed by atoms with Crippen LogP contribution in [0.25, 0.3) is 0 Å². The van der Waals surface area contributed by atoms with Gasteiger partial charge in [-0.3, -0.25) is 14.4 Å². The van der Waals surface area contributed by atoms with Crippen molar-refractivity contribution in [2.75, 3.05) is 0 Å². The van der Waals surface area contributed by atoms with E-state index >= 15 is 0 Å². The van der Waals surface area contributed by atoms with E-state index in [2.05, 4.69) is 0 Å². The number of nitrogens with two attached hydrogens (primary N) is 4. The second-order valence-electron chi connectivity index (χ2n) is 4.24. The molecule has 9 heteroatoms. The van der Waals surface area contributed by atoms with Crippen LogP contribution in [0.4, 0.5) is 0 Å². The van der Waals surface area contributed by atoms with Crippen molar-refractivity contribution >= 4 is 17.8 Å². The number of carbonyl (C=O) groups excluding carboxylic acids is 1. The van der Waals surface area contributed by atoms with Crippen LogP contribution in [0.15, 0.2) is 0 Å². The summed E-state index contributed by atoms with van der Waals surface area (Å²) in [4.78, 5) is 30.1. The molecule has 0 radical (unpaired) electrons. The summed E-state index contributed by atoms with van der Waals surface area (Å²) in [6.45, 7) is 0. The van der Waals surface area contributed by atoms with Crippen molar-refractivity contribution in [3.05, 3.63) is 0 Å². The van der Waals surface area contributed by atoms with E-state index in [-0.39, 0.29) is 25.4 Å². The molecular weight excluding hydrogens is 268 g/mol. The summed E-state index contributed by atoms with van der Waals surface area (Å²) in [5.41, 5.74) is 20.4. The molecule has 1 amide bonds. The van der Waals surface area contributed by atoms with Gasteiger partial charge in [-0.15, -0.1) is 0 Å². The summed E-state index contributed by atoms with van der Waals surface area (Å²) < 4.78 is 0. The Labute approximate surface area is 117 Å². The van der Waals surface area contributed by atoms with Gasteiger partial charge in [-0.25, -0.2) is 0 Å². The van der Waals surface area contributed by atoms with E-state index in [1.807, 2.05) is 0 Å². The van der Waals surface area contributed by atoms with Crippen LogP contribution in [0.3, 0.4) is 0 Å². The van der Waals surface area contributed by atoms with Gasteiger partial charge >= 0.3 is 11.9 Å². The van der Waals surface area contributed by atoms with Crippen LogP contribution < -0.4 is 22.9 Å². The average Bonchev–Trinajstić information content (AvgIpc) is 2.31. The SMILES string of the molecule is NC(=O)[C@@H](N)CCC(=O)O.NC(N)CCCCC(=O)O. The normalized spacial score (nSPS) is 11.4. The van der Waals surface area contributed by atoms with Crippen LogP contribution in [0.2, 0.25) is 0 Å². The summed E-state index contributed by atoms with van der Waals surface area (Å²) in [7, 11) is 0. The number of carbonyl (C=O) groups is 3. The van der Waals surface area contributed by atoms with E-state index in [4.69, 9.17) is 33.1 Å². The van der Waals surface area contributed by atoms with Crippen molar-refractivity contribution in [3.8, 4) is 0 Å². The fourth-order valence-corrected chi connectivity index (χ4v) is 1.08. The van der Waals surface area contributed by atoms with E-state index in [9.17, 15) is 14.4 Å². The predicted octanol–water partition coefficient (Wildman–Crippen LogP) is -1.46. The third-order valence-corrected chi connectivity index (χ3v) is 2.21. The lowest BCUT2D eigenvalue weighted by Crippen LogP contribution is -2.36. The quantitative estimate of drug-likeness (QED) is 0.219. The maximum atomic E-state index is 10.2. The van der Waals surface area contributed by atoms with Crippen LogP contribution in [0.1, 0.15) is 38.5 Å². The molecule has 0 saturated carbocycles. The molecule has 0 bridgehead atoms. The standard InChI is InChI=1S/C6H14N2O2.C5H10N2O3/c7-5(8)3-1-2-4-6(9)10;6-3(5(7)10)1-2-4(8)9/h5H,1-4,7-8H2,(H,9,10);3H,1-2,6H2,(H2,7,10)(H,8,9)/t;3-/m.0/s1. The monoisotopic (exact) mass is 292 g/mol. The highest BCUT2D eigenvalue weighted by Crippen LogP contribution is 1.99. The van der Waals surface area contributed by atoms with Gasteiger partial charge in [-0.05, 0) is 19.3 Å². The third kappa shape index (κ3) is 18.6. The second kappa shape index (κ2) is 12.3.